The number of carbonyl (C=O) groups excluding carboxylic acids is 1. The standard InChI is InChI=1S/C14H14Cl2N2O/c15-9-7-11(16)10-4-6-18(13(10)8-9)12-3-1-2-5-17-14(12)19/h4,6-8,12H,1-3,5H2,(H,17,19). The van der Waals surface area contributed by atoms with Gasteiger partial charge in [0.2, 0.25) is 5.91 Å². The van der Waals surface area contributed by atoms with Crippen LogP contribution < -0.4 is 5.32 Å². The molecule has 1 aliphatic heterocycles. The largest absolute Gasteiger partial charge is 0.354 e. The molecular weight excluding hydrogens is 283 g/mol. The van der Waals surface area contributed by atoms with Crippen molar-refractivity contribution >= 4 is 40.0 Å². The Kier molecular flexibility index (Phi) is 3.42. The van der Waals surface area contributed by atoms with E-state index in [1.807, 2.05) is 22.9 Å². The lowest BCUT2D eigenvalue weighted by Crippen LogP contribution is -2.30. The van der Waals surface area contributed by atoms with Crippen LogP contribution in [0.3, 0.4) is 0 Å². The Labute approximate surface area is 121 Å². The van der Waals surface area contributed by atoms with Crippen molar-refractivity contribution in [1.29, 1.82) is 0 Å². The van der Waals surface area contributed by atoms with Gasteiger partial charge in [0.1, 0.15) is 6.04 Å². The van der Waals surface area contributed by atoms with Gasteiger partial charge < -0.3 is 9.88 Å². The van der Waals surface area contributed by atoms with Gasteiger partial charge in [0.15, 0.2) is 0 Å². The van der Waals surface area contributed by atoms with Crippen molar-refractivity contribution in [3.8, 4) is 0 Å². The Morgan fingerprint density at radius 1 is 1.26 bits per heavy atom. The van der Waals surface area contributed by atoms with Crippen LogP contribution in [0.4, 0.5) is 0 Å². The highest BCUT2D eigenvalue weighted by Gasteiger charge is 2.23. The average Bonchev–Trinajstić information content (AvgIpc) is 2.66. The lowest BCUT2D eigenvalue weighted by atomic mass is 10.1. The highest BCUT2D eigenvalue weighted by Crippen LogP contribution is 2.32. The summed E-state index contributed by atoms with van der Waals surface area (Å²) >= 11 is 12.2. The molecule has 1 aliphatic rings. The van der Waals surface area contributed by atoms with Gasteiger partial charge in [0, 0.05) is 23.2 Å². The zero-order valence-electron chi connectivity index (χ0n) is 10.3. The summed E-state index contributed by atoms with van der Waals surface area (Å²) in [6, 6.07) is 5.35. The predicted molar refractivity (Wildman–Crippen MR) is 77.9 cm³/mol. The smallest absolute Gasteiger partial charge is 0.243 e. The topological polar surface area (TPSA) is 34.0 Å². The predicted octanol–water partition coefficient (Wildman–Crippen LogP) is 3.79. The molecule has 0 spiro atoms. The second-order valence-electron chi connectivity index (χ2n) is 4.85. The minimum atomic E-state index is -0.172. The Balaban J connectivity index is 2.11. The van der Waals surface area contributed by atoms with E-state index in [1.165, 1.54) is 0 Å². The van der Waals surface area contributed by atoms with E-state index >= 15 is 0 Å². The summed E-state index contributed by atoms with van der Waals surface area (Å²) in [5.74, 6) is 0.0751. The van der Waals surface area contributed by atoms with E-state index in [9.17, 15) is 4.79 Å². The van der Waals surface area contributed by atoms with E-state index in [1.54, 1.807) is 6.07 Å². The molecule has 5 heteroatoms. The number of rotatable bonds is 1. The monoisotopic (exact) mass is 296 g/mol. The van der Waals surface area contributed by atoms with Gasteiger partial charge in [-0.3, -0.25) is 4.79 Å². The molecule has 1 amide bonds. The lowest BCUT2D eigenvalue weighted by Gasteiger charge is -2.17. The van der Waals surface area contributed by atoms with Gasteiger partial charge in [-0.1, -0.05) is 23.2 Å². The molecule has 3 rings (SSSR count). The summed E-state index contributed by atoms with van der Waals surface area (Å²) in [5, 5.41) is 5.09. The summed E-state index contributed by atoms with van der Waals surface area (Å²) in [6.45, 7) is 0.760. The molecule has 1 N–H and O–H groups in total. The van der Waals surface area contributed by atoms with Gasteiger partial charge in [0.25, 0.3) is 0 Å². The maximum absolute atomic E-state index is 12.1. The number of aromatic nitrogens is 1. The van der Waals surface area contributed by atoms with Gasteiger partial charge in [-0.05, 0) is 37.5 Å². The van der Waals surface area contributed by atoms with E-state index in [2.05, 4.69) is 5.32 Å². The summed E-state index contributed by atoms with van der Waals surface area (Å²) in [6.07, 6.45) is 4.84. The van der Waals surface area contributed by atoms with Gasteiger partial charge >= 0.3 is 0 Å². The number of carbonyl (C=O) groups is 1. The third kappa shape index (κ3) is 2.33. The van der Waals surface area contributed by atoms with Gasteiger partial charge in [-0.25, -0.2) is 0 Å². The van der Waals surface area contributed by atoms with Crippen LogP contribution in [-0.4, -0.2) is 17.0 Å². The molecule has 3 nitrogen and oxygen atoms in total. The first-order valence-electron chi connectivity index (χ1n) is 6.40. The van der Waals surface area contributed by atoms with E-state index < -0.39 is 0 Å². The number of amides is 1. The van der Waals surface area contributed by atoms with Crippen LogP contribution in [-0.2, 0) is 4.79 Å². The summed E-state index contributed by atoms with van der Waals surface area (Å²) in [7, 11) is 0. The maximum atomic E-state index is 12.1. The van der Waals surface area contributed by atoms with E-state index in [4.69, 9.17) is 23.2 Å². The zero-order chi connectivity index (χ0) is 13.4. The molecule has 19 heavy (non-hydrogen) atoms. The second kappa shape index (κ2) is 5.06. The molecule has 1 fully saturated rings. The molecule has 0 radical (unpaired) electrons. The van der Waals surface area contributed by atoms with Crippen LogP contribution in [0, 0.1) is 0 Å². The minimum absolute atomic E-state index is 0.0751. The van der Waals surface area contributed by atoms with E-state index in [0.29, 0.717) is 10.0 Å². The van der Waals surface area contributed by atoms with Gasteiger partial charge in [-0.2, -0.15) is 0 Å². The number of halogens is 2. The van der Waals surface area contributed by atoms with Gasteiger partial charge in [-0.15, -0.1) is 0 Å². The molecule has 1 aromatic carbocycles. The third-order valence-electron chi connectivity index (χ3n) is 3.59. The van der Waals surface area contributed by atoms with Crippen molar-refractivity contribution in [1.82, 2.24) is 9.88 Å². The van der Waals surface area contributed by atoms with Crippen LogP contribution in [0.5, 0.6) is 0 Å². The Bertz CT molecular complexity index is 636. The van der Waals surface area contributed by atoms with Crippen LogP contribution in [0.1, 0.15) is 25.3 Å². The number of benzene rings is 1. The maximum Gasteiger partial charge on any atom is 0.243 e. The molecule has 0 bridgehead atoms. The molecule has 2 aromatic rings. The van der Waals surface area contributed by atoms with Crippen molar-refractivity contribution in [3.05, 3.63) is 34.4 Å². The van der Waals surface area contributed by atoms with Crippen LogP contribution >= 0.6 is 23.2 Å². The van der Waals surface area contributed by atoms with Gasteiger partial charge in [0.05, 0.1) is 10.5 Å². The first kappa shape index (κ1) is 12.8. The molecule has 1 atom stereocenters. The highest BCUT2D eigenvalue weighted by molar-refractivity contribution is 6.38. The molecule has 0 saturated carbocycles. The fourth-order valence-corrected chi connectivity index (χ4v) is 3.19. The summed E-state index contributed by atoms with van der Waals surface area (Å²) in [5.41, 5.74) is 0.916. The summed E-state index contributed by atoms with van der Waals surface area (Å²) in [4.78, 5) is 12.1. The van der Waals surface area contributed by atoms with Crippen LogP contribution in [0.15, 0.2) is 24.4 Å². The van der Waals surface area contributed by atoms with Crippen molar-refractivity contribution in [2.24, 2.45) is 0 Å². The lowest BCUT2D eigenvalue weighted by molar-refractivity contribution is -0.123. The van der Waals surface area contributed by atoms with Crippen molar-refractivity contribution < 1.29 is 4.79 Å². The number of nitrogens with zero attached hydrogens (tertiary/aromatic N) is 1. The Hall–Kier alpha value is -1.19. The SMILES string of the molecule is O=C1NCCCCC1n1ccc2c(Cl)cc(Cl)cc21. The summed E-state index contributed by atoms with van der Waals surface area (Å²) < 4.78 is 1.98. The fourth-order valence-electron chi connectivity index (χ4n) is 2.65. The quantitative estimate of drug-likeness (QED) is 0.853. The van der Waals surface area contributed by atoms with Crippen molar-refractivity contribution in [3.63, 3.8) is 0 Å². The van der Waals surface area contributed by atoms with E-state index in [-0.39, 0.29) is 11.9 Å². The van der Waals surface area contributed by atoms with Crippen molar-refractivity contribution in [2.45, 2.75) is 25.3 Å². The number of nitrogens with one attached hydrogen (secondary N) is 1. The normalized spacial score (nSPS) is 20.3. The van der Waals surface area contributed by atoms with Crippen LogP contribution in [0.25, 0.3) is 10.9 Å². The first-order chi connectivity index (χ1) is 9.16. The first-order valence-corrected chi connectivity index (χ1v) is 7.16. The number of hydrogen-bond acceptors (Lipinski definition) is 1. The fraction of sp³-hybridized carbons (Fsp3) is 0.357. The van der Waals surface area contributed by atoms with Crippen LogP contribution in [0.2, 0.25) is 10.0 Å². The average molecular weight is 297 g/mol. The highest BCUT2D eigenvalue weighted by atomic mass is 35.5. The Morgan fingerprint density at radius 3 is 2.95 bits per heavy atom. The second-order valence-corrected chi connectivity index (χ2v) is 5.69. The minimum Gasteiger partial charge on any atom is -0.354 e. The zero-order valence-corrected chi connectivity index (χ0v) is 11.8. The molecule has 0 aliphatic carbocycles. The van der Waals surface area contributed by atoms with Crippen molar-refractivity contribution in [2.75, 3.05) is 6.54 Å². The number of fused-ring (bicyclic) bond motifs is 1. The van der Waals surface area contributed by atoms with E-state index in [0.717, 1.165) is 36.7 Å². The molecule has 2 heterocycles. The number of hydrogen-bond donors (Lipinski definition) is 1. The molecule has 1 saturated heterocycles. The molecule has 1 aromatic heterocycles. The molecule has 1 unspecified atom stereocenters. The molecular formula is C14H14Cl2N2O. The molecule has 100 valence electrons. The third-order valence-corrected chi connectivity index (χ3v) is 4.13. The Morgan fingerprint density at radius 2 is 2.11 bits per heavy atom.